The average molecular weight is 287 g/mol. The van der Waals surface area contributed by atoms with Crippen molar-refractivity contribution in [3.63, 3.8) is 0 Å². The van der Waals surface area contributed by atoms with Crippen molar-refractivity contribution in [2.75, 3.05) is 12.9 Å². The van der Waals surface area contributed by atoms with E-state index >= 15 is 0 Å². The van der Waals surface area contributed by atoms with E-state index in [1.165, 1.54) is 0 Å². The molecule has 56 valence electrons. The van der Waals surface area contributed by atoms with Gasteiger partial charge in [-0.2, -0.15) is 0 Å². The minimum atomic E-state index is 0.824. The molecule has 0 bridgehead atoms. The van der Waals surface area contributed by atoms with E-state index in [2.05, 4.69) is 21.2 Å². The summed E-state index contributed by atoms with van der Waals surface area (Å²) in [5, 5.41) is 0. The highest BCUT2D eigenvalue weighted by Crippen LogP contribution is 2.41. The van der Waals surface area contributed by atoms with Gasteiger partial charge in [0.2, 0.25) is 0 Å². The highest BCUT2D eigenvalue weighted by atomic mass is 127. The molecule has 0 saturated carbocycles. The number of nitrogens with zero attached hydrogens (tertiary/aromatic N) is 1. The van der Waals surface area contributed by atoms with Gasteiger partial charge in [-0.15, -0.1) is 0 Å². The molecule has 0 spiro atoms. The second kappa shape index (κ2) is 3.87. The van der Waals surface area contributed by atoms with E-state index in [1.807, 2.05) is 11.9 Å². The zero-order valence-electron chi connectivity index (χ0n) is 5.33. The quantitative estimate of drug-likeness (QED) is 0.572. The molecular weight excluding hydrogens is 281 g/mol. The van der Waals surface area contributed by atoms with Gasteiger partial charge >= 0.3 is 0 Å². The maximum atomic E-state index is 10.5. The van der Waals surface area contributed by atoms with Crippen LogP contribution in [0.2, 0.25) is 0 Å². The van der Waals surface area contributed by atoms with Gasteiger partial charge in [-0.3, -0.25) is 4.79 Å². The lowest BCUT2D eigenvalue weighted by molar-refractivity contribution is -0.105. The summed E-state index contributed by atoms with van der Waals surface area (Å²) in [5.41, 5.74) is 0.824. The van der Waals surface area contributed by atoms with Gasteiger partial charge in [0.1, 0.15) is 0 Å². The smallest absolute Gasteiger partial charge is 0.167 e. The molecule has 0 aromatic rings. The fraction of sp³-hybridized carbons (Fsp3) is 0.400. The van der Waals surface area contributed by atoms with Crippen molar-refractivity contribution in [1.82, 2.24) is 4.90 Å². The van der Waals surface area contributed by atoms with Crippen LogP contribution in [-0.4, -0.2) is 24.1 Å². The second-order valence-electron chi connectivity index (χ2n) is 1.84. The summed E-state index contributed by atoms with van der Waals surface area (Å²) in [7, 11) is 3.54. The fourth-order valence-corrected chi connectivity index (χ4v) is 3.90. The maximum absolute atomic E-state index is 10.5. The molecular formula is C5H6INOS2. The Morgan fingerprint density at radius 2 is 2.60 bits per heavy atom. The highest BCUT2D eigenvalue weighted by Gasteiger charge is 2.18. The first-order valence-corrected chi connectivity index (χ1v) is 6.96. The number of thioether (sulfide) groups is 1. The molecule has 0 amide bonds. The van der Waals surface area contributed by atoms with Crippen LogP contribution in [0.5, 0.6) is 0 Å². The zero-order valence-corrected chi connectivity index (χ0v) is 9.12. The molecule has 0 aromatic carbocycles. The third kappa shape index (κ3) is 1.62. The van der Waals surface area contributed by atoms with Crippen molar-refractivity contribution in [3.8, 4) is 0 Å². The Hall–Kier alpha value is 0.640. The van der Waals surface area contributed by atoms with E-state index in [0.717, 1.165) is 22.1 Å². The monoisotopic (exact) mass is 287 g/mol. The molecule has 1 heterocycles. The molecule has 10 heavy (non-hydrogen) atoms. The number of halogens is 1. The summed E-state index contributed by atoms with van der Waals surface area (Å²) in [5.74, 6) is 0.902. The molecule has 0 saturated heterocycles. The van der Waals surface area contributed by atoms with Crippen molar-refractivity contribution in [1.29, 1.82) is 0 Å². The number of rotatable bonds is 2. The standard InChI is InChI=1S/C5H6INOS2/c1-7-3-9-5(10-6)4(7)2-8/h2H,3H2,1H3. The van der Waals surface area contributed by atoms with E-state index in [-0.39, 0.29) is 0 Å². The molecule has 0 fully saturated rings. The summed E-state index contributed by atoms with van der Waals surface area (Å²) in [6.45, 7) is 0. The molecule has 2 nitrogen and oxygen atoms in total. The third-order valence-electron chi connectivity index (χ3n) is 1.19. The number of carbonyl (C=O) groups excluding carboxylic acids is 1. The molecule has 0 aliphatic carbocycles. The molecule has 1 aliphatic heterocycles. The number of hydrogen-bond acceptors (Lipinski definition) is 4. The van der Waals surface area contributed by atoms with Crippen molar-refractivity contribution in [2.24, 2.45) is 0 Å². The van der Waals surface area contributed by atoms with Crippen LogP contribution in [0.15, 0.2) is 9.93 Å². The van der Waals surface area contributed by atoms with Crippen molar-refractivity contribution < 1.29 is 4.79 Å². The zero-order chi connectivity index (χ0) is 7.56. The minimum absolute atomic E-state index is 0.824. The largest absolute Gasteiger partial charge is 0.361 e. The Kier molecular flexibility index (Phi) is 3.38. The predicted molar refractivity (Wildman–Crippen MR) is 54.9 cm³/mol. The summed E-state index contributed by atoms with van der Waals surface area (Å²) < 4.78 is 1.12. The van der Waals surface area contributed by atoms with Crippen LogP contribution in [0.4, 0.5) is 0 Å². The normalized spacial score (nSPS) is 18.4. The lowest BCUT2D eigenvalue weighted by Gasteiger charge is -2.07. The lowest BCUT2D eigenvalue weighted by atomic mass is 10.5. The number of aldehydes is 1. The first-order chi connectivity index (χ1) is 4.79. The van der Waals surface area contributed by atoms with Crippen LogP contribution in [0.25, 0.3) is 0 Å². The van der Waals surface area contributed by atoms with Gasteiger partial charge < -0.3 is 4.90 Å². The Bertz CT molecular complexity index is 182. The Morgan fingerprint density at radius 1 is 1.90 bits per heavy atom. The van der Waals surface area contributed by atoms with Gasteiger partial charge in [0.05, 0.1) is 15.8 Å². The number of likely N-dealkylation sites (N-methyl/N-ethyl adjacent to an activating group) is 1. The van der Waals surface area contributed by atoms with Gasteiger partial charge in [-0.05, 0) is 8.93 Å². The van der Waals surface area contributed by atoms with E-state index in [1.54, 1.807) is 20.7 Å². The predicted octanol–water partition coefficient (Wildman–Crippen LogP) is 2.07. The van der Waals surface area contributed by atoms with Gasteiger partial charge in [-0.1, -0.05) is 11.8 Å². The van der Waals surface area contributed by atoms with Gasteiger partial charge in [0, 0.05) is 28.3 Å². The summed E-state index contributed by atoms with van der Waals surface area (Å²) in [4.78, 5) is 12.4. The summed E-state index contributed by atoms with van der Waals surface area (Å²) >= 11 is 3.90. The Morgan fingerprint density at radius 3 is 3.00 bits per heavy atom. The average Bonchev–Trinajstić information content (AvgIpc) is 2.30. The lowest BCUT2D eigenvalue weighted by Crippen LogP contribution is -2.12. The van der Waals surface area contributed by atoms with E-state index < -0.39 is 0 Å². The molecule has 0 aromatic heterocycles. The Labute approximate surface area is 80.4 Å². The minimum Gasteiger partial charge on any atom is -0.361 e. The molecule has 1 rings (SSSR count). The van der Waals surface area contributed by atoms with Gasteiger partial charge in [-0.25, -0.2) is 0 Å². The third-order valence-corrected chi connectivity index (χ3v) is 5.35. The summed E-state index contributed by atoms with van der Waals surface area (Å²) in [6.07, 6.45) is 0.918. The molecule has 5 heteroatoms. The molecule has 0 radical (unpaired) electrons. The van der Waals surface area contributed by atoms with Crippen LogP contribution in [0.3, 0.4) is 0 Å². The van der Waals surface area contributed by atoms with Gasteiger partial charge in [0.25, 0.3) is 0 Å². The van der Waals surface area contributed by atoms with Crippen molar-refractivity contribution in [2.45, 2.75) is 0 Å². The molecule has 0 atom stereocenters. The van der Waals surface area contributed by atoms with E-state index in [0.29, 0.717) is 0 Å². The van der Waals surface area contributed by atoms with Crippen LogP contribution < -0.4 is 0 Å². The first-order valence-electron chi connectivity index (χ1n) is 2.61. The van der Waals surface area contributed by atoms with E-state index in [9.17, 15) is 4.79 Å². The first kappa shape index (κ1) is 8.73. The SMILES string of the molecule is CN1CSC(SI)=C1C=O. The second-order valence-corrected chi connectivity index (χ2v) is 4.94. The van der Waals surface area contributed by atoms with Crippen LogP contribution >= 0.6 is 41.9 Å². The molecule has 0 unspecified atom stereocenters. The molecule has 0 N–H and O–H groups in total. The highest BCUT2D eigenvalue weighted by molar-refractivity contribution is 14.2. The topological polar surface area (TPSA) is 20.3 Å². The van der Waals surface area contributed by atoms with Crippen LogP contribution in [0, 0.1) is 0 Å². The van der Waals surface area contributed by atoms with Crippen molar-refractivity contribution in [3.05, 3.63) is 9.93 Å². The van der Waals surface area contributed by atoms with Gasteiger partial charge in [0.15, 0.2) is 6.29 Å². The van der Waals surface area contributed by atoms with E-state index in [4.69, 9.17) is 0 Å². The fourth-order valence-electron chi connectivity index (χ4n) is 0.655. The number of carbonyl (C=O) groups is 1. The Balaban J connectivity index is 2.80. The van der Waals surface area contributed by atoms with Crippen LogP contribution in [-0.2, 0) is 4.79 Å². The number of hydrogen-bond donors (Lipinski definition) is 0. The maximum Gasteiger partial charge on any atom is 0.167 e. The van der Waals surface area contributed by atoms with Crippen molar-refractivity contribution >= 4 is 48.2 Å². The number of allylic oxidation sites excluding steroid dienone is 1. The molecule has 1 aliphatic rings. The summed E-state index contributed by atoms with van der Waals surface area (Å²) in [6, 6.07) is 0. The van der Waals surface area contributed by atoms with Crippen LogP contribution in [0.1, 0.15) is 0 Å².